The lowest BCUT2D eigenvalue weighted by atomic mass is 9.34. The summed E-state index contributed by atoms with van der Waals surface area (Å²) in [5.74, 6) is -0.225. The lowest BCUT2D eigenvalue weighted by Gasteiger charge is -2.72. The molecule has 5 aliphatic carbocycles. The highest BCUT2D eigenvalue weighted by atomic mass is 16.6. The Kier molecular flexibility index (Phi) is 6.12. The molecule has 7 nitrogen and oxygen atoms in total. The van der Waals surface area contributed by atoms with Gasteiger partial charge in [-0.1, -0.05) is 20.8 Å². The van der Waals surface area contributed by atoms with Crippen molar-refractivity contribution in [2.45, 2.75) is 98.4 Å². The molecule has 33 heavy (non-hydrogen) atoms. The zero-order valence-corrected chi connectivity index (χ0v) is 20.9. The van der Waals surface area contributed by atoms with Crippen LogP contribution in [0.25, 0.3) is 0 Å². The molecule has 0 heterocycles. The van der Waals surface area contributed by atoms with Gasteiger partial charge in [0, 0.05) is 31.6 Å². The zero-order chi connectivity index (χ0) is 24.3. The van der Waals surface area contributed by atoms with Gasteiger partial charge in [0.15, 0.2) is 0 Å². The third-order valence-corrected chi connectivity index (χ3v) is 10.2. The van der Waals surface area contributed by atoms with Gasteiger partial charge in [0.2, 0.25) is 0 Å². The van der Waals surface area contributed by atoms with E-state index in [2.05, 4.69) is 20.8 Å². The van der Waals surface area contributed by atoms with Crippen molar-refractivity contribution < 1.29 is 33.7 Å². The van der Waals surface area contributed by atoms with E-state index in [4.69, 9.17) is 14.2 Å². The number of carbonyl (C=O) groups excluding carboxylic acids is 3. The maximum Gasteiger partial charge on any atom is 0.302 e. The number of fused-ring (bicyclic) bond motifs is 3. The van der Waals surface area contributed by atoms with E-state index in [0.717, 1.165) is 25.7 Å². The van der Waals surface area contributed by atoms with Gasteiger partial charge in [-0.25, -0.2) is 0 Å². The summed E-state index contributed by atoms with van der Waals surface area (Å²) in [5, 5.41) is 11.6. The van der Waals surface area contributed by atoms with Gasteiger partial charge in [0.05, 0.1) is 6.10 Å². The van der Waals surface area contributed by atoms with E-state index in [0.29, 0.717) is 18.8 Å². The van der Waals surface area contributed by atoms with Gasteiger partial charge in [-0.15, -0.1) is 0 Å². The number of esters is 3. The number of hydrogen-bond donors (Lipinski definition) is 1. The van der Waals surface area contributed by atoms with Crippen LogP contribution in [-0.4, -0.2) is 47.9 Å². The van der Waals surface area contributed by atoms with Crippen LogP contribution in [0.15, 0.2) is 0 Å². The molecule has 0 unspecified atom stereocenters. The largest absolute Gasteiger partial charge is 0.465 e. The van der Waals surface area contributed by atoms with E-state index < -0.39 is 23.0 Å². The summed E-state index contributed by atoms with van der Waals surface area (Å²) in [7, 11) is 0. The van der Waals surface area contributed by atoms with E-state index in [1.165, 1.54) is 20.8 Å². The lowest BCUT2D eigenvalue weighted by molar-refractivity contribution is -0.296. The van der Waals surface area contributed by atoms with Gasteiger partial charge in [-0.3, -0.25) is 14.4 Å². The Balaban J connectivity index is 1.80. The second-order valence-corrected chi connectivity index (χ2v) is 11.8. The molecule has 1 spiro atoms. The highest BCUT2D eigenvalue weighted by Gasteiger charge is 2.72. The molecule has 0 aromatic rings. The molecular formula is C26H40O7. The van der Waals surface area contributed by atoms with Gasteiger partial charge >= 0.3 is 17.9 Å². The fourth-order valence-corrected chi connectivity index (χ4v) is 8.80. The summed E-state index contributed by atoms with van der Waals surface area (Å²) in [4.78, 5) is 36.0. The summed E-state index contributed by atoms with van der Waals surface area (Å²) >= 11 is 0. The van der Waals surface area contributed by atoms with Crippen molar-refractivity contribution in [1.29, 1.82) is 0 Å². The van der Waals surface area contributed by atoms with Crippen molar-refractivity contribution in [2.75, 3.05) is 6.61 Å². The first-order valence-corrected chi connectivity index (χ1v) is 12.5. The summed E-state index contributed by atoms with van der Waals surface area (Å²) in [6.45, 7) is 10.9. The molecule has 10 atom stereocenters. The molecule has 0 saturated heterocycles. The SMILES string of the molecule is CC(=O)OC[C@]1(C)[C@H]2C[C@H](OC(C)=O)[C@@]34CC[C@@H](C[C@H]3[C@]2(C)CC[C@H]1OC(C)=O)[C@H](C)[C@@H]4O. The smallest absolute Gasteiger partial charge is 0.302 e. The Morgan fingerprint density at radius 1 is 0.879 bits per heavy atom. The number of hydrogen-bond acceptors (Lipinski definition) is 7. The van der Waals surface area contributed by atoms with E-state index in [1.807, 2.05) is 0 Å². The Bertz CT molecular complexity index is 825. The summed E-state index contributed by atoms with van der Waals surface area (Å²) < 4.78 is 17.4. The highest BCUT2D eigenvalue weighted by Crippen LogP contribution is 2.72. The van der Waals surface area contributed by atoms with Crippen molar-refractivity contribution in [3.63, 3.8) is 0 Å². The molecule has 5 rings (SSSR count). The summed E-state index contributed by atoms with van der Waals surface area (Å²) in [5.41, 5.74) is -1.22. The van der Waals surface area contributed by atoms with Gasteiger partial charge in [-0.05, 0) is 67.6 Å². The molecular weight excluding hydrogens is 424 g/mol. The van der Waals surface area contributed by atoms with Crippen LogP contribution in [0, 0.1) is 39.9 Å². The molecule has 5 aliphatic rings. The predicted octanol–water partition coefficient (Wildman–Crippen LogP) is 3.65. The number of aliphatic hydroxyl groups excluding tert-OH is 1. The van der Waals surface area contributed by atoms with Crippen molar-refractivity contribution in [3.05, 3.63) is 0 Å². The van der Waals surface area contributed by atoms with Crippen LogP contribution in [-0.2, 0) is 28.6 Å². The Morgan fingerprint density at radius 2 is 1.52 bits per heavy atom. The minimum absolute atomic E-state index is 0.00396. The molecule has 5 saturated carbocycles. The molecule has 5 fully saturated rings. The van der Waals surface area contributed by atoms with Crippen LogP contribution in [0.4, 0.5) is 0 Å². The fourth-order valence-electron chi connectivity index (χ4n) is 8.80. The first-order chi connectivity index (χ1) is 15.4. The average molecular weight is 465 g/mol. The van der Waals surface area contributed by atoms with E-state index >= 15 is 0 Å². The number of aliphatic hydroxyl groups is 1. The third-order valence-electron chi connectivity index (χ3n) is 10.2. The van der Waals surface area contributed by atoms with Crippen molar-refractivity contribution in [3.8, 4) is 0 Å². The lowest BCUT2D eigenvalue weighted by Crippen LogP contribution is -2.72. The molecule has 0 aliphatic heterocycles. The number of rotatable bonds is 4. The number of ether oxygens (including phenoxy) is 3. The minimum Gasteiger partial charge on any atom is -0.465 e. The molecule has 7 heteroatoms. The van der Waals surface area contributed by atoms with Gasteiger partial charge in [0.25, 0.3) is 0 Å². The van der Waals surface area contributed by atoms with E-state index in [1.54, 1.807) is 0 Å². The van der Waals surface area contributed by atoms with Gasteiger partial charge in [0.1, 0.15) is 18.8 Å². The molecule has 186 valence electrons. The monoisotopic (exact) mass is 464 g/mol. The normalized spacial score (nSPS) is 48.3. The molecule has 0 amide bonds. The molecule has 0 aromatic heterocycles. The quantitative estimate of drug-likeness (QED) is 0.501. The highest BCUT2D eigenvalue weighted by molar-refractivity contribution is 5.67. The minimum atomic E-state index is -0.613. The standard InChI is InChI=1S/C26H40O7/c1-14-18-7-10-26(23(14)30)20(11-18)24(5)9-8-21(32-16(3)28)25(6,13-31-15(2)27)19(24)12-22(26)33-17(4)29/h14,18-23,30H,7-13H2,1-6H3/t14-,18-,19-,20-,21+,22-,23-,24+,25+,26+/m0/s1. The Labute approximate surface area is 196 Å². The van der Waals surface area contributed by atoms with Gasteiger partial charge < -0.3 is 19.3 Å². The molecule has 2 bridgehead atoms. The second-order valence-electron chi connectivity index (χ2n) is 11.8. The average Bonchev–Trinajstić information content (AvgIpc) is 2.73. The number of carbonyl (C=O) groups is 3. The van der Waals surface area contributed by atoms with Crippen molar-refractivity contribution >= 4 is 17.9 Å². The third kappa shape index (κ3) is 3.60. The Hall–Kier alpha value is -1.63. The zero-order valence-electron chi connectivity index (χ0n) is 20.9. The van der Waals surface area contributed by atoms with E-state index in [9.17, 15) is 19.5 Å². The summed E-state index contributed by atoms with van der Waals surface area (Å²) in [6, 6.07) is 0. The van der Waals surface area contributed by atoms with Crippen molar-refractivity contribution in [2.24, 2.45) is 39.9 Å². The van der Waals surface area contributed by atoms with Crippen LogP contribution in [0.1, 0.15) is 80.1 Å². The maximum atomic E-state index is 12.2. The predicted molar refractivity (Wildman–Crippen MR) is 120 cm³/mol. The summed E-state index contributed by atoms with van der Waals surface area (Å²) in [6.07, 6.45) is 3.72. The first-order valence-electron chi connectivity index (χ1n) is 12.5. The van der Waals surface area contributed by atoms with Crippen LogP contribution in [0.5, 0.6) is 0 Å². The Morgan fingerprint density at radius 3 is 2.12 bits per heavy atom. The maximum absolute atomic E-state index is 12.2. The van der Waals surface area contributed by atoms with Crippen LogP contribution in [0.2, 0.25) is 0 Å². The van der Waals surface area contributed by atoms with Crippen LogP contribution in [0.3, 0.4) is 0 Å². The first kappa shape index (κ1) is 24.5. The van der Waals surface area contributed by atoms with Crippen LogP contribution >= 0.6 is 0 Å². The van der Waals surface area contributed by atoms with Crippen LogP contribution < -0.4 is 0 Å². The van der Waals surface area contributed by atoms with Gasteiger partial charge in [-0.2, -0.15) is 0 Å². The van der Waals surface area contributed by atoms with E-state index in [-0.39, 0.29) is 53.8 Å². The molecule has 0 aromatic carbocycles. The van der Waals surface area contributed by atoms with Crippen molar-refractivity contribution in [1.82, 2.24) is 0 Å². The topological polar surface area (TPSA) is 99.1 Å². The fraction of sp³-hybridized carbons (Fsp3) is 0.885. The molecule has 0 radical (unpaired) electrons. The second kappa shape index (κ2) is 8.24. The molecule has 1 N–H and O–H groups in total.